The smallest absolute Gasteiger partial charge is 0.241 e. The molecule has 0 bridgehead atoms. The standard InChI is InChI=1S/C13H10FN3O/c14-10-3-1-9(2-4-10)11(7-15)17-12(18)13(8-16)5-6-13/h1-4,11H,5-6H2,(H,17,18). The van der Waals surface area contributed by atoms with E-state index in [9.17, 15) is 9.18 Å². The van der Waals surface area contributed by atoms with Crippen LogP contribution in [0.4, 0.5) is 4.39 Å². The Bertz CT molecular complexity index is 549. The maximum Gasteiger partial charge on any atom is 0.241 e. The van der Waals surface area contributed by atoms with Gasteiger partial charge in [-0.2, -0.15) is 10.5 Å². The van der Waals surface area contributed by atoms with Gasteiger partial charge >= 0.3 is 0 Å². The number of carbonyl (C=O) groups excluding carboxylic acids is 1. The number of amides is 1. The van der Waals surface area contributed by atoms with Gasteiger partial charge < -0.3 is 5.32 Å². The highest BCUT2D eigenvalue weighted by molar-refractivity contribution is 5.88. The number of rotatable bonds is 3. The van der Waals surface area contributed by atoms with Crippen LogP contribution >= 0.6 is 0 Å². The molecular weight excluding hydrogens is 233 g/mol. The van der Waals surface area contributed by atoms with Crippen LogP contribution in [0.3, 0.4) is 0 Å². The first-order chi connectivity index (χ1) is 8.61. The maximum absolute atomic E-state index is 12.8. The highest BCUT2D eigenvalue weighted by Crippen LogP contribution is 2.45. The topological polar surface area (TPSA) is 76.7 Å². The number of nitrogens with zero attached hydrogens (tertiary/aromatic N) is 2. The number of hydrogen-bond donors (Lipinski definition) is 1. The molecule has 0 heterocycles. The molecule has 1 aromatic carbocycles. The number of nitriles is 2. The first-order valence-corrected chi connectivity index (χ1v) is 5.48. The van der Waals surface area contributed by atoms with E-state index in [0.717, 1.165) is 0 Å². The summed E-state index contributed by atoms with van der Waals surface area (Å²) in [7, 11) is 0. The maximum atomic E-state index is 12.8. The highest BCUT2D eigenvalue weighted by atomic mass is 19.1. The molecule has 1 aliphatic carbocycles. The second-order valence-electron chi connectivity index (χ2n) is 4.28. The minimum atomic E-state index is -0.963. The third kappa shape index (κ3) is 2.16. The van der Waals surface area contributed by atoms with Crippen molar-refractivity contribution < 1.29 is 9.18 Å². The van der Waals surface area contributed by atoms with E-state index in [1.807, 2.05) is 12.1 Å². The van der Waals surface area contributed by atoms with E-state index in [1.54, 1.807) is 0 Å². The Morgan fingerprint density at radius 3 is 2.39 bits per heavy atom. The van der Waals surface area contributed by atoms with Crippen molar-refractivity contribution in [2.24, 2.45) is 5.41 Å². The molecule has 1 aliphatic rings. The second kappa shape index (κ2) is 4.46. The van der Waals surface area contributed by atoms with E-state index in [2.05, 4.69) is 5.32 Å². The van der Waals surface area contributed by atoms with Crippen LogP contribution in [0.15, 0.2) is 24.3 Å². The molecule has 90 valence electrons. The first-order valence-electron chi connectivity index (χ1n) is 5.48. The van der Waals surface area contributed by atoms with Crippen molar-refractivity contribution in [2.45, 2.75) is 18.9 Å². The number of halogens is 1. The zero-order chi connectivity index (χ0) is 13.2. The molecule has 2 rings (SSSR count). The van der Waals surface area contributed by atoms with E-state index in [0.29, 0.717) is 18.4 Å². The predicted molar refractivity (Wildman–Crippen MR) is 60.2 cm³/mol. The second-order valence-corrected chi connectivity index (χ2v) is 4.28. The Labute approximate surface area is 104 Å². The summed E-state index contributed by atoms with van der Waals surface area (Å²) in [5.74, 6) is -0.835. The van der Waals surface area contributed by atoms with Crippen molar-refractivity contribution >= 4 is 5.91 Å². The molecule has 1 atom stereocenters. The predicted octanol–water partition coefficient (Wildman–Crippen LogP) is 1.81. The van der Waals surface area contributed by atoms with Gasteiger partial charge in [0.1, 0.15) is 17.3 Å². The van der Waals surface area contributed by atoms with Crippen molar-refractivity contribution in [3.63, 3.8) is 0 Å². The Morgan fingerprint density at radius 2 is 1.94 bits per heavy atom. The normalized spacial score (nSPS) is 17.1. The van der Waals surface area contributed by atoms with Crippen molar-refractivity contribution in [1.29, 1.82) is 10.5 Å². The number of nitrogens with one attached hydrogen (secondary N) is 1. The van der Waals surface area contributed by atoms with Crippen LogP contribution in [0.2, 0.25) is 0 Å². The minimum Gasteiger partial charge on any atom is -0.335 e. The van der Waals surface area contributed by atoms with E-state index >= 15 is 0 Å². The Balaban J connectivity index is 2.12. The summed E-state index contributed by atoms with van der Waals surface area (Å²) in [4.78, 5) is 11.8. The lowest BCUT2D eigenvalue weighted by Gasteiger charge is -2.13. The van der Waals surface area contributed by atoms with Gasteiger partial charge in [-0.15, -0.1) is 0 Å². The third-order valence-electron chi connectivity index (χ3n) is 3.01. The molecule has 0 radical (unpaired) electrons. The third-order valence-corrected chi connectivity index (χ3v) is 3.01. The molecule has 1 aromatic rings. The summed E-state index contributed by atoms with van der Waals surface area (Å²) in [6.45, 7) is 0. The number of benzene rings is 1. The fourth-order valence-electron chi connectivity index (χ4n) is 1.63. The molecule has 1 amide bonds. The summed E-state index contributed by atoms with van der Waals surface area (Å²) in [6.07, 6.45) is 1.05. The molecule has 1 fully saturated rings. The SMILES string of the molecule is N#CC(NC(=O)C1(C#N)CC1)c1ccc(F)cc1. The molecule has 5 heteroatoms. The van der Waals surface area contributed by atoms with Gasteiger partial charge in [0.2, 0.25) is 5.91 Å². The Hall–Kier alpha value is -2.40. The minimum absolute atomic E-state index is 0.405. The van der Waals surface area contributed by atoms with Crippen LogP contribution in [0.5, 0.6) is 0 Å². The van der Waals surface area contributed by atoms with Gasteiger partial charge in [-0.3, -0.25) is 4.79 Å². The van der Waals surface area contributed by atoms with Gasteiger partial charge in [0.25, 0.3) is 0 Å². The lowest BCUT2D eigenvalue weighted by atomic mass is 10.0. The quantitative estimate of drug-likeness (QED) is 0.879. The highest BCUT2D eigenvalue weighted by Gasteiger charge is 2.51. The van der Waals surface area contributed by atoms with Gasteiger partial charge in [-0.05, 0) is 30.5 Å². The summed E-state index contributed by atoms with van der Waals surface area (Å²) < 4.78 is 12.8. The monoisotopic (exact) mass is 243 g/mol. The zero-order valence-electron chi connectivity index (χ0n) is 9.48. The van der Waals surface area contributed by atoms with Crippen LogP contribution in [0, 0.1) is 33.9 Å². The van der Waals surface area contributed by atoms with Gasteiger partial charge in [0.05, 0.1) is 12.1 Å². The summed E-state index contributed by atoms with van der Waals surface area (Å²) >= 11 is 0. The lowest BCUT2D eigenvalue weighted by Crippen LogP contribution is -2.33. The summed E-state index contributed by atoms with van der Waals surface area (Å²) in [5.41, 5.74) is -0.462. The van der Waals surface area contributed by atoms with Crippen molar-refractivity contribution in [2.75, 3.05) is 0 Å². The molecule has 0 aromatic heterocycles. The van der Waals surface area contributed by atoms with E-state index in [-0.39, 0.29) is 0 Å². The van der Waals surface area contributed by atoms with Crippen LogP contribution in [0.1, 0.15) is 24.4 Å². The van der Waals surface area contributed by atoms with Crippen LogP contribution in [0.25, 0.3) is 0 Å². The Kier molecular flexibility index (Phi) is 2.99. The molecule has 1 saturated carbocycles. The van der Waals surface area contributed by atoms with E-state index in [1.165, 1.54) is 24.3 Å². The van der Waals surface area contributed by atoms with Gasteiger partial charge in [0.15, 0.2) is 0 Å². The van der Waals surface area contributed by atoms with E-state index < -0.39 is 23.2 Å². The number of carbonyl (C=O) groups is 1. The Morgan fingerprint density at radius 1 is 1.33 bits per heavy atom. The average molecular weight is 243 g/mol. The molecule has 1 unspecified atom stereocenters. The molecule has 4 nitrogen and oxygen atoms in total. The van der Waals surface area contributed by atoms with Crippen LogP contribution in [-0.2, 0) is 4.79 Å². The molecular formula is C13H10FN3O. The van der Waals surface area contributed by atoms with Gasteiger partial charge in [-0.1, -0.05) is 12.1 Å². The molecule has 0 spiro atoms. The molecule has 1 N–H and O–H groups in total. The van der Waals surface area contributed by atoms with Crippen molar-refractivity contribution in [1.82, 2.24) is 5.32 Å². The average Bonchev–Trinajstić information content (AvgIpc) is 3.18. The van der Waals surface area contributed by atoms with Crippen molar-refractivity contribution in [3.05, 3.63) is 35.6 Å². The number of hydrogen-bond acceptors (Lipinski definition) is 3. The van der Waals surface area contributed by atoms with Gasteiger partial charge in [-0.25, -0.2) is 4.39 Å². The summed E-state index contributed by atoms with van der Waals surface area (Å²) in [6, 6.07) is 8.36. The van der Waals surface area contributed by atoms with Crippen LogP contribution in [-0.4, -0.2) is 5.91 Å². The summed E-state index contributed by atoms with van der Waals surface area (Å²) in [5, 5.41) is 20.4. The van der Waals surface area contributed by atoms with Crippen LogP contribution < -0.4 is 5.32 Å². The fourth-order valence-corrected chi connectivity index (χ4v) is 1.63. The lowest BCUT2D eigenvalue weighted by molar-refractivity contribution is -0.124. The van der Waals surface area contributed by atoms with Crippen molar-refractivity contribution in [3.8, 4) is 12.1 Å². The fraction of sp³-hybridized carbons (Fsp3) is 0.308. The zero-order valence-corrected chi connectivity index (χ0v) is 9.48. The molecule has 0 aliphatic heterocycles. The molecule has 0 saturated heterocycles. The molecule has 18 heavy (non-hydrogen) atoms. The largest absolute Gasteiger partial charge is 0.335 e. The van der Waals surface area contributed by atoms with E-state index in [4.69, 9.17) is 10.5 Å². The first kappa shape index (κ1) is 12.1. The van der Waals surface area contributed by atoms with Gasteiger partial charge in [0, 0.05) is 0 Å².